The molecule has 0 radical (unpaired) electrons. The van der Waals surface area contributed by atoms with Gasteiger partial charge in [-0.2, -0.15) is 0 Å². The van der Waals surface area contributed by atoms with Gasteiger partial charge in [-0.05, 0) is 42.3 Å². The number of ether oxygens (including phenoxy) is 1. The molecule has 1 amide bonds. The lowest BCUT2D eigenvalue weighted by molar-refractivity contribution is -0.124. The molecule has 0 aliphatic heterocycles. The number of fused-ring (bicyclic) bond motifs is 1. The highest BCUT2D eigenvalue weighted by Crippen LogP contribution is 2.24. The van der Waals surface area contributed by atoms with Crippen molar-refractivity contribution in [2.45, 2.75) is 19.9 Å². The van der Waals surface area contributed by atoms with Crippen LogP contribution in [-0.2, 0) is 9.53 Å². The molecule has 1 N–H and O–H groups in total. The van der Waals surface area contributed by atoms with Gasteiger partial charge >= 0.3 is 5.97 Å². The van der Waals surface area contributed by atoms with E-state index in [9.17, 15) is 9.59 Å². The minimum atomic E-state index is -0.698. The summed E-state index contributed by atoms with van der Waals surface area (Å²) in [5, 5.41) is 5.05. The minimum Gasteiger partial charge on any atom is -0.451 e. The highest BCUT2D eigenvalue weighted by Gasteiger charge is 2.21. The molecule has 4 rings (SSSR count). The number of carbonyl (C=O) groups excluding carboxylic acids is 2. The van der Waals surface area contributed by atoms with Crippen LogP contribution >= 0.6 is 0 Å². The molecular weight excluding hydrogens is 392 g/mol. The van der Waals surface area contributed by atoms with Crippen LogP contribution in [0, 0.1) is 6.92 Å². The van der Waals surface area contributed by atoms with Crippen LogP contribution in [-0.4, -0.2) is 23.5 Å². The van der Waals surface area contributed by atoms with Gasteiger partial charge in [0.1, 0.15) is 5.76 Å². The summed E-state index contributed by atoms with van der Waals surface area (Å²) < 4.78 is 10.8. The zero-order chi connectivity index (χ0) is 21.8. The summed E-state index contributed by atoms with van der Waals surface area (Å²) in [4.78, 5) is 29.0. The van der Waals surface area contributed by atoms with Crippen LogP contribution in [0.5, 0.6) is 0 Å². The maximum atomic E-state index is 12.4. The van der Waals surface area contributed by atoms with E-state index in [0.717, 1.165) is 21.9 Å². The molecule has 1 heterocycles. The van der Waals surface area contributed by atoms with E-state index in [1.165, 1.54) is 0 Å². The van der Waals surface area contributed by atoms with Gasteiger partial charge in [-0.1, -0.05) is 60.7 Å². The molecular formula is C25H22N2O4. The Balaban J connectivity index is 1.39. The molecule has 0 saturated heterocycles. The third-order valence-electron chi connectivity index (χ3n) is 5.01. The largest absolute Gasteiger partial charge is 0.451 e. The number of aromatic nitrogens is 1. The molecule has 1 unspecified atom stereocenters. The molecule has 0 spiro atoms. The van der Waals surface area contributed by atoms with Crippen LogP contribution in [0.4, 0.5) is 0 Å². The van der Waals surface area contributed by atoms with Crippen molar-refractivity contribution in [3.05, 3.63) is 89.8 Å². The molecule has 0 bridgehead atoms. The van der Waals surface area contributed by atoms with Crippen molar-refractivity contribution in [1.82, 2.24) is 10.3 Å². The van der Waals surface area contributed by atoms with E-state index in [0.29, 0.717) is 11.7 Å². The van der Waals surface area contributed by atoms with Crippen molar-refractivity contribution in [3.8, 4) is 11.5 Å². The van der Waals surface area contributed by atoms with E-state index in [1.807, 2.05) is 79.7 Å². The smallest absolute Gasteiger partial charge is 0.361 e. The molecule has 0 fully saturated rings. The fourth-order valence-electron chi connectivity index (χ4n) is 3.48. The summed E-state index contributed by atoms with van der Waals surface area (Å²) in [7, 11) is 0. The number of carbonyl (C=O) groups is 2. The van der Waals surface area contributed by atoms with Crippen LogP contribution in [0.2, 0.25) is 0 Å². The normalized spacial score (nSPS) is 11.8. The molecule has 1 aromatic heterocycles. The molecule has 4 aromatic rings. The van der Waals surface area contributed by atoms with E-state index in [4.69, 9.17) is 9.15 Å². The maximum Gasteiger partial charge on any atom is 0.361 e. The van der Waals surface area contributed by atoms with Crippen molar-refractivity contribution in [2.75, 3.05) is 6.61 Å². The van der Waals surface area contributed by atoms with Crippen LogP contribution in [0.25, 0.3) is 22.2 Å². The van der Waals surface area contributed by atoms with Gasteiger partial charge in [-0.15, -0.1) is 0 Å². The van der Waals surface area contributed by atoms with Crippen molar-refractivity contribution in [2.24, 2.45) is 0 Å². The molecule has 6 nitrogen and oxygen atoms in total. The predicted molar refractivity (Wildman–Crippen MR) is 117 cm³/mol. The summed E-state index contributed by atoms with van der Waals surface area (Å²) in [6, 6.07) is 23.0. The van der Waals surface area contributed by atoms with Crippen LogP contribution in [0.15, 0.2) is 77.2 Å². The average molecular weight is 414 g/mol. The number of nitrogens with one attached hydrogen (secondary N) is 1. The van der Waals surface area contributed by atoms with Crippen molar-refractivity contribution in [3.63, 3.8) is 0 Å². The third kappa shape index (κ3) is 4.48. The molecule has 31 heavy (non-hydrogen) atoms. The number of rotatable bonds is 6. The van der Waals surface area contributed by atoms with Gasteiger partial charge in [0, 0.05) is 5.56 Å². The van der Waals surface area contributed by atoms with Crippen molar-refractivity contribution < 1.29 is 18.7 Å². The number of aryl methyl sites for hydroxylation is 1. The molecule has 1 atom stereocenters. The summed E-state index contributed by atoms with van der Waals surface area (Å²) in [6.07, 6.45) is 0. The van der Waals surface area contributed by atoms with Gasteiger partial charge in [-0.3, -0.25) is 4.79 Å². The summed E-state index contributed by atoms with van der Waals surface area (Å²) in [5.41, 5.74) is 1.82. The molecule has 0 saturated carbocycles. The van der Waals surface area contributed by atoms with E-state index in [2.05, 4.69) is 10.3 Å². The second kappa shape index (κ2) is 8.83. The SMILES string of the molecule is Cc1oc(-c2ccccc2)nc1C(=O)OCC(=O)NC(C)c1cccc2ccccc12. The number of oxazole rings is 1. The standard InChI is InChI=1S/C25H22N2O4/c1-16(20-14-8-12-18-9-6-7-13-21(18)20)26-22(28)15-30-25(29)23-17(2)31-24(27-23)19-10-4-3-5-11-19/h3-14,16H,15H2,1-2H3,(H,26,28). The molecule has 0 aliphatic rings. The average Bonchev–Trinajstić information content (AvgIpc) is 3.19. The fourth-order valence-corrected chi connectivity index (χ4v) is 3.48. The first kappa shape index (κ1) is 20.3. The highest BCUT2D eigenvalue weighted by molar-refractivity contribution is 5.91. The lowest BCUT2D eigenvalue weighted by atomic mass is 10.00. The number of benzene rings is 3. The van der Waals surface area contributed by atoms with E-state index in [-0.39, 0.29) is 11.7 Å². The lowest BCUT2D eigenvalue weighted by Gasteiger charge is -2.16. The first-order chi connectivity index (χ1) is 15.0. The zero-order valence-electron chi connectivity index (χ0n) is 17.3. The second-order valence-corrected chi connectivity index (χ2v) is 7.22. The Hall–Kier alpha value is -3.93. The molecule has 0 aliphatic carbocycles. The first-order valence-corrected chi connectivity index (χ1v) is 10.00. The summed E-state index contributed by atoms with van der Waals surface area (Å²) in [5.74, 6) is -0.415. The topological polar surface area (TPSA) is 81.4 Å². The Morgan fingerprint density at radius 2 is 1.71 bits per heavy atom. The van der Waals surface area contributed by atoms with Gasteiger partial charge in [0.25, 0.3) is 5.91 Å². The number of nitrogens with zero attached hydrogens (tertiary/aromatic N) is 1. The van der Waals surface area contributed by atoms with Crippen LogP contribution < -0.4 is 5.32 Å². The number of esters is 1. The predicted octanol–water partition coefficient (Wildman–Crippen LogP) is 4.84. The van der Waals surface area contributed by atoms with E-state index >= 15 is 0 Å². The van der Waals surface area contributed by atoms with Gasteiger partial charge in [0.15, 0.2) is 12.3 Å². The molecule has 6 heteroatoms. The second-order valence-electron chi connectivity index (χ2n) is 7.22. The van der Waals surface area contributed by atoms with E-state index < -0.39 is 18.5 Å². The summed E-state index contributed by atoms with van der Waals surface area (Å²) in [6.45, 7) is 3.13. The Bertz CT molecular complexity index is 1230. The Labute approximate surface area is 179 Å². The minimum absolute atomic E-state index is 0.0637. The van der Waals surface area contributed by atoms with Crippen molar-refractivity contribution in [1.29, 1.82) is 0 Å². The Morgan fingerprint density at radius 1 is 1.00 bits per heavy atom. The maximum absolute atomic E-state index is 12.4. The Kier molecular flexibility index (Phi) is 5.80. The molecule has 3 aromatic carbocycles. The van der Waals surface area contributed by atoms with Crippen LogP contribution in [0.3, 0.4) is 0 Å². The monoisotopic (exact) mass is 414 g/mol. The first-order valence-electron chi connectivity index (χ1n) is 10.00. The quantitative estimate of drug-likeness (QED) is 0.457. The highest BCUT2D eigenvalue weighted by atomic mass is 16.5. The lowest BCUT2D eigenvalue weighted by Crippen LogP contribution is -2.31. The van der Waals surface area contributed by atoms with Gasteiger partial charge < -0.3 is 14.5 Å². The van der Waals surface area contributed by atoms with Crippen LogP contribution in [0.1, 0.15) is 34.8 Å². The number of hydrogen-bond acceptors (Lipinski definition) is 5. The zero-order valence-corrected chi connectivity index (χ0v) is 17.3. The van der Waals surface area contributed by atoms with Gasteiger partial charge in [0.05, 0.1) is 6.04 Å². The van der Waals surface area contributed by atoms with Crippen molar-refractivity contribution >= 4 is 22.6 Å². The molecule has 156 valence electrons. The fraction of sp³-hybridized carbons (Fsp3) is 0.160. The van der Waals surface area contributed by atoms with E-state index in [1.54, 1.807) is 6.92 Å². The summed E-state index contributed by atoms with van der Waals surface area (Å²) >= 11 is 0. The number of amides is 1. The Morgan fingerprint density at radius 3 is 2.52 bits per heavy atom. The van der Waals surface area contributed by atoms with Gasteiger partial charge in [0.2, 0.25) is 5.89 Å². The third-order valence-corrected chi connectivity index (χ3v) is 5.01. The number of hydrogen-bond donors (Lipinski definition) is 1. The van der Waals surface area contributed by atoms with Gasteiger partial charge in [-0.25, -0.2) is 9.78 Å².